The molecule has 1 N–H and O–H groups in total. The summed E-state index contributed by atoms with van der Waals surface area (Å²) in [5.74, 6) is -0.908. The fourth-order valence-electron chi connectivity index (χ4n) is 3.41. The third-order valence-corrected chi connectivity index (χ3v) is 7.11. The number of ether oxygens (including phenoxy) is 1. The molecule has 28 heavy (non-hydrogen) atoms. The molecule has 3 rings (SSSR count). The number of rotatable bonds is 4. The number of esters is 1. The van der Waals surface area contributed by atoms with E-state index in [0.717, 1.165) is 35.7 Å². The van der Waals surface area contributed by atoms with E-state index in [1.807, 2.05) is 45.2 Å². The van der Waals surface area contributed by atoms with Crippen molar-refractivity contribution in [3.63, 3.8) is 0 Å². The van der Waals surface area contributed by atoms with Crippen molar-refractivity contribution >= 4 is 61.3 Å². The molecule has 0 heterocycles. The number of hydrogen-bond acceptors (Lipinski definition) is 6. The summed E-state index contributed by atoms with van der Waals surface area (Å²) in [6, 6.07) is 7.17. The lowest BCUT2D eigenvalue weighted by Crippen LogP contribution is -2.14. The van der Waals surface area contributed by atoms with E-state index in [0.29, 0.717) is 9.13 Å². The molecule has 0 radical (unpaired) electrons. The predicted octanol–water partition coefficient (Wildman–Crippen LogP) is 4.77. The van der Waals surface area contributed by atoms with Crippen molar-refractivity contribution in [3.05, 3.63) is 48.6 Å². The van der Waals surface area contributed by atoms with Crippen LogP contribution in [0, 0.1) is 7.14 Å². The Kier molecular flexibility index (Phi) is 6.88. The lowest BCUT2D eigenvalue weighted by atomic mass is 9.83. The van der Waals surface area contributed by atoms with Crippen LogP contribution in [-0.2, 0) is 10.1 Å². The normalized spacial score (nSPS) is 15.4. The average Bonchev–Trinajstić information content (AvgIpc) is 2.65. The fourth-order valence-corrected chi connectivity index (χ4v) is 5.96. The Morgan fingerprint density at radius 3 is 2.43 bits per heavy atom. The standard InChI is InChI=1S/C19H18I2O6S/c20-13-9-15(21)18(22)16(10-13)27-19(23)12-6-7-17(28(24,25)26)14(8-12)11-4-2-1-3-5-11/h6-11,22H,1-5H2,(H,24,25,26)/p-1. The summed E-state index contributed by atoms with van der Waals surface area (Å²) in [7, 11) is -4.65. The van der Waals surface area contributed by atoms with Crippen LogP contribution in [0.25, 0.3) is 0 Å². The minimum atomic E-state index is -4.65. The molecule has 0 bridgehead atoms. The van der Waals surface area contributed by atoms with Gasteiger partial charge in [0.25, 0.3) is 0 Å². The summed E-state index contributed by atoms with van der Waals surface area (Å²) < 4.78 is 41.7. The Bertz CT molecular complexity index is 1010. The van der Waals surface area contributed by atoms with Gasteiger partial charge in [0.15, 0.2) is 11.5 Å². The zero-order valence-corrected chi connectivity index (χ0v) is 19.8. The largest absolute Gasteiger partial charge is 0.744 e. The lowest BCUT2D eigenvalue weighted by molar-refractivity contribution is 0.0729. The third kappa shape index (κ3) is 4.97. The Hall–Kier alpha value is -0.920. The van der Waals surface area contributed by atoms with Gasteiger partial charge in [-0.3, -0.25) is 0 Å². The Labute approximate surface area is 190 Å². The van der Waals surface area contributed by atoms with E-state index >= 15 is 0 Å². The van der Waals surface area contributed by atoms with Crippen molar-refractivity contribution in [2.45, 2.75) is 42.9 Å². The molecule has 0 spiro atoms. The molecular weight excluding hydrogens is 610 g/mol. The maximum absolute atomic E-state index is 12.6. The first kappa shape index (κ1) is 21.8. The summed E-state index contributed by atoms with van der Waals surface area (Å²) in [6.07, 6.45) is 4.52. The quantitative estimate of drug-likeness (QED) is 0.227. The Balaban J connectivity index is 1.97. The van der Waals surface area contributed by atoms with Crippen LogP contribution in [0.2, 0.25) is 0 Å². The average molecular weight is 627 g/mol. The minimum Gasteiger partial charge on any atom is -0.744 e. The van der Waals surface area contributed by atoms with Crippen molar-refractivity contribution in [1.29, 1.82) is 0 Å². The summed E-state index contributed by atoms with van der Waals surface area (Å²) in [4.78, 5) is 12.3. The zero-order chi connectivity index (χ0) is 20.5. The number of carbonyl (C=O) groups is 1. The summed E-state index contributed by atoms with van der Waals surface area (Å²) in [6.45, 7) is 0. The van der Waals surface area contributed by atoms with Crippen molar-refractivity contribution in [2.24, 2.45) is 0 Å². The monoisotopic (exact) mass is 627 g/mol. The van der Waals surface area contributed by atoms with Crippen LogP contribution in [-0.4, -0.2) is 24.0 Å². The molecule has 2 aromatic carbocycles. The molecule has 0 unspecified atom stereocenters. The molecule has 150 valence electrons. The minimum absolute atomic E-state index is 0.0287. The highest BCUT2D eigenvalue weighted by molar-refractivity contribution is 14.1. The smallest absolute Gasteiger partial charge is 0.343 e. The number of aromatic hydroxyl groups is 1. The molecule has 2 aromatic rings. The van der Waals surface area contributed by atoms with Crippen LogP contribution in [0.4, 0.5) is 0 Å². The molecule has 0 saturated heterocycles. The van der Waals surface area contributed by atoms with Crippen LogP contribution in [0.5, 0.6) is 11.5 Å². The second-order valence-electron chi connectivity index (χ2n) is 6.67. The molecule has 0 aromatic heterocycles. The summed E-state index contributed by atoms with van der Waals surface area (Å²) in [5, 5.41) is 10.1. The highest BCUT2D eigenvalue weighted by Gasteiger charge is 2.23. The molecule has 0 aliphatic heterocycles. The van der Waals surface area contributed by atoms with E-state index in [1.54, 1.807) is 6.07 Å². The molecule has 1 saturated carbocycles. The molecular formula is C19H17I2O6S-. The van der Waals surface area contributed by atoms with E-state index < -0.39 is 16.1 Å². The molecule has 1 aliphatic rings. The van der Waals surface area contributed by atoms with Gasteiger partial charge in [-0.05, 0) is 99.8 Å². The highest BCUT2D eigenvalue weighted by Crippen LogP contribution is 2.37. The molecule has 0 atom stereocenters. The predicted molar refractivity (Wildman–Crippen MR) is 119 cm³/mol. The molecule has 0 amide bonds. The number of halogens is 2. The van der Waals surface area contributed by atoms with Gasteiger partial charge in [0, 0.05) is 3.57 Å². The number of phenols is 1. The SMILES string of the molecule is O=C(Oc1cc(I)cc(I)c1O)c1ccc(S(=O)(=O)[O-])c(C2CCCCC2)c1. The number of benzene rings is 2. The Morgan fingerprint density at radius 1 is 1.11 bits per heavy atom. The maximum atomic E-state index is 12.6. The highest BCUT2D eigenvalue weighted by atomic mass is 127. The van der Waals surface area contributed by atoms with Crippen molar-refractivity contribution in [2.75, 3.05) is 0 Å². The molecule has 9 heteroatoms. The van der Waals surface area contributed by atoms with Crippen LogP contribution in [0.15, 0.2) is 35.2 Å². The Morgan fingerprint density at radius 2 is 1.79 bits per heavy atom. The summed E-state index contributed by atoms with van der Waals surface area (Å²) in [5.41, 5.74) is 0.520. The van der Waals surface area contributed by atoms with Crippen LogP contribution < -0.4 is 4.74 Å². The summed E-state index contributed by atoms with van der Waals surface area (Å²) >= 11 is 3.99. The zero-order valence-electron chi connectivity index (χ0n) is 14.7. The first-order chi connectivity index (χ1) is 13.2. The van der Waals surface area contributed by atoms with Crippen molar-refractivity contribution in [1.82, 2.24) is 0 Å². The maximum Gasteiger partial charge on any atom is 0.343 e. The second kappa shape index (κ2) is 8.84. The van der Waals surface area contributed by atoms with Crippen molar-refractivity contribution < 1.29 is 27.6 Å². The van der Waals surface area contributed by atoms with Crippen LogP contribution in [0.1, 0.15) is 53.9 Å². The van der Waals surface area contributed by atoms with Gasteiger partial charge in [-0.1, -0.05) is 19.3 Å². The molecule has 1 fully saturated rings. The van der Waals surface area contributed by atoms with E-state index in [-0.39, 0.29) is 27.9 Å². The molecule has 6 nitrogen and oxygen atoms in total. The number of hydrogen-bond donors (Lipinski definition) is 1. The van der Waals surface area contributed by atoms with E-state index in [1.165, 1.54) is 24.3 Å². The van der Waals surface area contributed by atoms with Gasteiger partial charge in [-0.15, -0.1) is 0 Å². The van der Waals surface area contributed by atoms with Crippen molar-refractivity contribution in [3.8, 4) is 11.5 Å². The van der Waals surface area contributed by atoms with Gasteiger partial charge in [-0.25, -0.2) is 13.2 Å². The van der Waals surface area contributed by atoms with Gasteiger partial charge in [0.05, 0.1) is 14.0 Å². The van der Waals surface area contributed by atoms with E-state index in [2.05, 4.69) is 0 Å². The topological polar surface area (TPSA) is 104 Å². The lowest BCUT2D eigenvalue weighted by Gasteiger charge is -2.25. The third-order valence-electron chi connectivity index (χ3n) is 4.76. The van der Waals surface area contributed by atoms with Gasteiger partial charge in [0.1, 0.15) is 10.1 Å². The second-order valence-corrected chi connectivity index (χ2v) is 10.4. The first-order valence-electron chi connectivity index (χ1n) is 8.67. The van der Waals surface area contributed by atoms with E-state index in [9.17, 15) is 22.9 Å². The first-order valence-corrected chi connectivity index (χ1v) is 12.2. The van der Waals surface area contributed by atoms with Gasteiger partial charge >= 0.3 is 5.97 Å². The van der Waals surface area contributed by atoms with Crippen LogP contribution in [0.3, 0.4) is 0 Å². The van der Waals surface area contributed by atoms with Gasteiger partial charge in [-0.2, -0.15) is 0 Å². The van der Waals surface area contributed by atoms with E-state index in [4.69, 9.17) is 4.74 Å². The number of phenolic OH excluding ortho intramolecular Hbond substituents is 1. The van der Waals surface area contributed by atoms with Crippen LogP contribution >= 0.6 is 45.2 Å². The van der Waals surface area contributed by atoms with Gasteiger partial charge < -0.3 is 14.4 Å². The van der Waals surface area contributed by atoms with Gasteiger partial charge in [0.2, 0.25) is 0 Å². The molecule has 1 aliphatic carbocycles. The fraction of sp³-hybridized carbons (Fsp3) is 0.316. The number of carbonyl (C=O) groups excluding carboxylic acids is 1.